The summed E-state index contributed by atoms with van der Waals surface area (Å²) in [6, 6.07) is 5.89. The highest BCUT2D eigenvalue weighted by Gasteiger charge is 2.18. The second-order valence-electron chi connectivity index (χ2n) is 4.82. The molecule has 1 saturated carbocycles. The van der Waals surface area contributed by atoms with Crippen LogP contribution >= 0.6 is 11.6 Å². The Morgan fingerprint density at radius 1 is 1.35 bits per heavy atom. The molecule has 92 valence electrons. The molecule has 0 radical (unpaired) electrons. The van der Waals surface area contributed by atoms with Crippen LogP contribution in [0.5, 0.6) is 0 Å². The van der Waals surface area contributed by atoms with E-state index in [0.29, 0.717) is 11.7 Å². The zero-order valence-corrected chi connectivity index (χ0v) is 10.9. The Bertz CT molecular complexity index is 407. The molecule has 0 bridgehead atoms. The Balaban J connectivity index is 1.89. The summed E-state index contributed by atoms with van der Waals surface area (Å²) in [5, 5.41) is 4.20. The number of benzene rings is 1. The van der Waals surface area contributed by atoms with Crippen molar-refractivity contribution >= 4 is 23.1 Å². The molecule has 1 aliphatic rings. The first-order chi connectivity index (χ1) is 8.15. The molecule has 2 rings (SSSR count). The number of anilines is 1. The Morgan fingerprint density at radius 2 is 2.06 bits per heavy atom. The molecule has 0 amide bonds. The molecule has 1 aromatic carbocycles. The van der Waals surface area contributed by atoms with Crippen molar-refractivity contribution in [3.63, 3.8) is 0 Å². The summed E-state index contributed by atoms with van der Waals surface area (Å²) in [5.41, 5.74) is 2.32. The van der Waals surface area contributed by atoms with Gasteiger partial charge in [-0.25, -0.2) is 0 Å². The van der Waals surface area contributed by atoms with Crippen molar-refractivity contribution in [3.05, 3.63) is 28.8 Å². The largest absolute Gasteiger partial charge is 0.385 e. The number of Topliss-reactive ketones (excluding diaryl/α,β-unsaturated/α-hetero) is 1. The quantitative estimate of drug-likeness (QED) is 0.885. The molecule has 0 aromatic heterocycles. The third-order valence-electron chi connectivity index (χ3n) is 3.44. The lowest BCUT2D eigenvalue weighted by Gasteiger charge is -2.22. The van der Waals surface area contributed by atoms with Gasteiger partial charge in [-0.1, -0.05) is 17.7 Å². The first-order valence-corrected chi connectivity index (χ1v) is 6.54. The number of carbonyl (C=O) groups is 1. The first-order valence-electron chi connectivity index (χ1n) is 6.17. The summed E-state index contributed by atoms with van der Waals surface area (Å²) >= 11 is 5.97. The fraction of sp³-hybridized carbons (Fsp3) is 0.500. The van der Waals surface area contributed by atoms with Crippen LogP contribution in [-0.4, -0.2) is 12.3 Å². The van der Waals surface area contributed by atoms with E-state index in [1.165, 1.54) is 5.56 Å². The van der Waals surface area contributed by atoms with Gasteiger partial charge in [0.25, 0.3) is 0 Å². The van der Waals surface area contributed by atoms with Crippen molar-refractivity contribution in [2.45, 2.75) is 32.6 Å². The second kappa shape index (κ2) is 5.54. The Hall–Kier alpha value is -1.02. The summed E-state index contributed by atoms with van der Waals surface area (Å²) in [4.78, 5) is 11.1. The third-order valence-corrected chi connectivity index (χ3v) is 3.68. The smallest absolute Gasteiger partial charge is 0.132 e. The van der Waals surface area contributed by atoms with Gasteiger partial charge in [-0.05, 0) is 43.4 Å². The molecule has 2 nitrogen and oxygen atoms in total. The van der Waals surface area contributed by atoms with Crippen molar-refractivity contribution in [2.24, 2.45) is 5.92 Å². The lowest BCUT2D eigenvalue weighted by molar-refractivity contribution is -0.120. The van der Waals surface area contributed by atoms with E-state index < -0.39 is 0 Å². The number of hydrogen-bond donors (Lipinski definition) is 1. The van der Waals surface area contributed by atoms with Gasteiger partial charge in [0.05, 0.1) is 0 Å². The minimum absolute atomic E-state index is 0.417. The number of carbonyl (C=O) groups excluding carboxylic acids is 1. The normalized spacial score (nSPS) is 17.2. The van der Waals surface area contributed by atoms with Crippen LogP contribution in [0.25, 0.3) is 0 Å². The fourth-order valence-corrected chi connectivity index (χ4v) is 2.41. The van der Waals surface area contributed by atoms with Crippen molar-refractivity contribution in [2.75, 3.05) is 11.9 Å². The maximum atomic E-state index is 11.1. The van der Waals surface area contributed by atoms with Crippen LogP contribution in [0.15, 0.2) is 18.2 Å². The zero-order chi connectivity index (χ0) is 12.3. The Labute approximate surface area is 107 Å². The molecule has 3 heteroatoms. The van der Waals surface area contributed by atoms with E-state index in [0.717, 1.165) is 42.9 Å². The molecule has 1 aliphatic carbocycles. The van der Waals surface area contributed by atoms with Crippen LogP contribution in [0.1, 0.15) is 31.2 Å². The summed E-state index contributed by atoms with van der Waals surface area (Å²) in [5.74, 6) is 1.03. The second-order valence-corrected chi connectivity index (χ2v) is 5.26. The zero-order valence-electron chi connectivity index (χ0n) is 10.1. The van der Waals surface area contributed by atoms with Crippen LogP contribution in [0.4, 0.5) is 5.69 Å². The van der Waals surface area contributed by atoms with Crippen LogP contribution < -0.4 is 5.32 Å². The minimum atomic E-state index is 0.417. The molecule has 0 heterocycles. The van der Waals surface area contributed by atoms with Crippen LogP contribution in [0, 0.1) is 12.8 Å². The number of rotatable bonds is 3. The monoisotopic (exact) mass is 251 g/mol. The highest BCUT2D eigenvalue weighted by Crippen LogP contribution is 2.24. The van der Waals surface area contributed by atoms with Crippen molar-refractivity contribution in [1.29, 1.82) is 0 Å². The summed E-state index contributed by atoms with van der Waals surface area (Å²) < 4.78 is 0. The predicted molar refractivity (Wildman–Crippen MR) is 71.6 cm³/mol. The van der Waals surface area contributed by atoms with Gasteiger partial charge in [-0.15, -0.1) is 0 Å². The molecule has 1 fully saturated rings. The van der Waals surface area contributed by atoms with Gasteiger partial charge in [0, 0.05) is 30.1 Å². The number of nitrogens with one attached hydrogen (secondary N) is 1. The van der Waals surface area contributed by atoms with E-state index in [9.17, 15) is 4.79 Å². The van der Waals surface area contributed by atoms with E-state index in [2.05, 4.69) is 12.2 Å². The van der Waals surface area contributed by atoms with Gasteiger partial charge >= 0.3 is 0 Å². The van der Waals surface area contributed by atoms with Gasteiger partial charge in [-0.2, -0.15) is 0 Å². The Morgan fingerprint density at radius 3 is 2.76 bits per heavy atom. The van der Waals surface area contributed by atoms with Gasteiger partial charge in [0.1, 0.15) is 5.78 Å². The van der Waals surface area contributed by atoms with Crippen LogP contribution in [-0.2, 0) is 4.79 Å². The number of halogens is 1. The van der Waals surface area contributed by atoms with E-state index >= 15 is 0 Å². The maximum absolute atomic E-state index is 11.1. The van der Waals surface area contributed by atoms with Crippen LogP contribution in [0.2, 0.25) is 5.02 Å². The average molecular weight is 252 g/mol. The fourth-order valence-electron chi connectivity index (χ4n) is 2.24. The molecule has 0 spiro atoms. The molecule has 1 N–H and O–H groups in total. The number of hydrogen-bond acceptors (Lipinski definition) is 2. The summed E-state index contributed by atoms with van der Waals surface area (Å²) in [6.45, 7) is 3.01. The summed E-state index contributed by atoms with van der Waals surface area (Å²) in [7, 11) is 0. The van der Waals surface area contributed by atoms with E-state index in [4.69, 9.17) is 11.6 Å². The summed E-state index contributed by atoms with van der Waals surface area (Å²) in [6.07, 6.45) is 3.54. The first kappa shape index (κ1) is 12.4. The van der Waals surface area contributed by atoms with Gasteiger partial charge in [0.2, 0.25) is 0 Å². The molecule has 17 heavy (non-hydrogen) atoms. The van der Waals surface area contributed by atoms with Gasteiger partial charge < -0.3 is 5.32 Å². The van der Waals surface area contributed by atoms with Crippen molar-refractivity contribution in [1.82, 2.24) is 0 Å². The van der Waals surface area contributed by atoms with E-state index in [1.807, 2.05) is 18.2 Å². The highest BCUT2D eigenvalue weighted by atomic mass is 35.5. The van der Waals surface area contributed by atoms with Gasteiger partial charge in [-0.3, -0.25) is 4.79 Å². The topological polar surface area (TPSA) is 29.1 Å². The lowest BCUT2D eigenvalue weighted by atomic mass is 9.88. The van der Waals surface area contributed by atoms with Gasteiger partial charge in [0.15, 0.2) is 0 Å². The van der Waals surface area contributed by atoms with E-state index in [1.54, 1.807) is 0 Å². The highest BCUT2D eigenvalue weighted by molar-refractivity contribution is 6.30. The molecular weight excluding hydrogens is 234 g/mol. The molecule has 1 aromatic rings. The SMILES string of the molecule is Cc1ccc(Cl)cc1NCC1CCC(=O)CC1. The minimum Gasteiger partial charge on any atom is -0.385 e. The van der Waals surface area contributed by atoms with E-state index in [-0.39, 0.29) is 0 Å². The molecular formula is C14H18ClNO. The number of aryl methyl sites for hydroxylation is 1. The maximum Gasteiger partial charge on any atom is 0.132 e. The standard InChI is InChI=1S/C14H18ClNO/c1-10-2-5-12(15)8-14(10)16-9-11-3-6-13(17)7-4-11/h2,5,8,11,16H,3-4,6-7,9H2,1H3. The molecule has 0 unspecified atom stereocenters. The molecule has 0 aliphatic heterocycles. The number of ketones is 1. The average Bonchev–Trinajstić information content (AvgIpc) is 2.32. The predicted octanol–water partition coefficient (Wildman–Crippen LogP) is 3.82. The lowest BCUT2D eigenvalue weighted by Crippen LogP contribution is -2.21. The van der Waals surface area contributed by atoms with Crippen LogP contribution in [0.3, 0.4) is 0 Å². The Kier molecular flexibility index (Phi) is 4.06. The van der Waals surface area contributed by atoms with Crippen molar-refractivity contribution in [3.8, 4) is 0 Å². The van der Waals surface area contributed by atoms with Crippen molar-refractivity contribution < 1.29 is 4.79 Å². The third kappa shape index (κ3) is 3.47. The molecule has 0 atom stereocenters. The molecule has 0 saturated heterocycles.